The van der Waals surface area contributed by atoms with Gasteiger partial charge in [-0.1, -0.05) is 13.5 Å². The summed E-state index contributed by atoms with van der Waals surface area (Å²) in [6.07, 6.45) is 0. The lowest BCUT2D eigenvalue weighted by Gasteiger charge is -2.00. The van der Waals surface area contributed by atoms with E-state index in [1.54, 1.807) is 6.92 Å². The molecule has 1 atom stereocenters. The second-order valence-corrected chi connectivity index (χ2v) is 2.61. The lowest BCUT2D eigenvalue weighted by Crippen LogP contribution is -1.99. The molecule has 54 valence electrons. The van der Waals surface area contributed by atoms with Crippen LogP contribution in [0.25, 0.3) is 0 Å². The second-order valence-electron chi connectivity index (χ2n) is 2.61. The van der Waals surface area contributed by atoms with Crippen molar-refractivity contribution in [3.8, 4) is 0 Å². The number of rotatable bonds is 0. The van der Waals surface area contributed by atoms with Crippen molar-refractivity contribution in [2.24, 2.45) is 5.92 Å². The van der Waals surface area contributed by atoms with Gasteiger partial charge in [-0.25, -0.2) is 0 Å². The van der Waals surface area contributed by atoms with Gasteiger partial charge >= 0.3 is 0 Å². The number of carbonyl (C=O) groups excluding carboxylic acids is 1. The van der Waals surface area contributed by atoms with Crippen molar-refractivity contribution in [1.82, 2.24) is 0 Å². The Labute approximate surface area is 59.9 Å². The largest absolute Gasteiger partial charge is 0.504 e. The zero-order valence-electron chi connectivity index (χ0n) is 6.14. The normalized spacial score (nSPS) is 26.4. The maximum atomic E-state index is 10.9. The van der Waals surface area contributed by atoms with Crippen LogP contribution < -0.4 is 0 Å². The van der Waals surface area contributed by atoms with E-state index in [0.29, 0.717) is 5.57 Å². The van der Waals surface area contributed by atoms with Gasteiger partial charge in [0.2, 0.25) is 5.78 Å². The van der Waals surface area contributed by atoms with E-state index in [1.165, 1.54) is 0 Å². The highest BCUT2D eigenvalue weighted by Crippen LogP contribution is 2.30. The monoisotopic (exact) mass is 138 g/mol. The molecule has 0 unspecified atom stereocenters. The van der Waals surface area contributed by atoms with Gasteiger partial charge in [0.05, 0.1) is 0 Å². The highest BCUT2D eigenvalue weighted by Gasteiger charge is 2.29. The molecule has 0 heterocycles. The third-order valence-electron chi connectivity index (χ3n) is 2.05. The fraction of sp³-hybridized carbons (Fsp3) is 0.375. The summed E-state index contributed by atoms with van der Waals surface area (Å²) in [6, 6.07) is 0. The van der Waals surface area contributed by atoms with Gasteiger partial charge in [0.25, 0.3) is 0 Å². The highest BCUT2D eigenvalue weighted by atomic mass is 16.3. The van der Waals surface area contributed by atoms with E-state index < -0.39 is 0 Å². The van der Waals surface area contributed by atoms with Gasteiger partial charge in [0.1, 0.15) is 0 Å². The maximum Gasteiger partial charge on any atom is 0.223 e. The lowest BCUT2D eigenvalue weighted by atomic mass is 10.0. The van der Waals surface area contributed by atoms with Crippen molar-refractivity contribution in [3.63, 3.8) is 0 Å². The molecule has 0 aliphatic heterocycles. The van der Waals surface area contributed by atoms with Gasteiger partial charge in [-0.05, 0) is 12.5 Å². The molecule has 0 aromatic rings. The van der Waals surface area contributed by atoms with Crippen LogP contribution >= 0.6 is 0 Å². The van der Waals surface area contributed by atoms with Crippen LogP contribution in [0.2, 0.25) is 0 Å². The van der Waals surface area contributed by atoms with Crippen molar-refractivity contribution >= 4 is 5.78 Å². The Morgan fingerprint density at radius 2 is 2.10 bits per heavy atom. The molecule has 0 bridgehead atoms. The summed E-state index contributed by atoms with van der Waals surface area (Å²) >= 11 is 0. The van der Waals surface area contributed by atoms with Crippen LogP contribution in [-0.4, -0.2) is 10.9 Å². The summed E-state index contributed by atoms with van der Waals surface area (Å²) < 4.78 is 0. The first-order valence-corrected chi connectivity index (χ1v) is 3.19. The van der Waals surface area contributed by atoms with Crippen molar-refractivity contribution in [2.75, 3.05) is 0 Å². The van der Waals surface area contributed by atoms with Crippen molar-refractivity contribution in [3.05, 3.63) is 23.5 Å². The summed E-state index contributed by atoms with van der Waals surface area (Å²) in [4.78, 5) is 10.9. The van der Waals surface area contributed by atoms with E-state index in [0.717, 1.165) is 5.57 Å². The zero-order chi connectivity index (χ0) is 7.89. The molecule has 1 aliphatic rings. The van der Waals surface area contributed by atoms with E-state index in [2.05, 4.69) is 6.58 Å². The molecule has 0 amide bonds. The fourth-order valence-electron chi connectivity index (χ4n) is 0.994. The third-order valence-corrected chi connectivity index (χ3v) is 2.05. The van der Waals surface area contributed by atoms with Gasteiger partial charge < -0.3 is 5.11 Å². The van der Waals surface area contributed by atoms with Crippen LogP contribution in [0, 0.1) is 5.92 Å². The smallest absolute Gasteiger partial charge is 0.223 e. The summed E-state index contributed by atoms with van der Waals surface area (Å²) in [5.41, 5.74) is 1.23. The Kier molecular flexibility index (Phi) is 1.39. The molecule has 0 radical (unpaired) electrons. The van der Waals surface area contributed by atoms with Crippen LogP contribution in [0.5, 0.6) is 0 Å². The standard InChI is InChI=1S/C8H10O2/c1-4-5(2)7(9)8(10)6(4)3/h4,10H,2H2,1,3H3/t4-/m0/s1. The molecule has 0 spiro atoms. The summed E-state index contributed by atoms with van der Waals surface area (Å²) in [7, 11) is 0. The van der Waals surface area contributed by atoms with E-state index in [4.69, 9.17) is 5.11 Å². The Balaban J connectivity index is 3.11. The topological polar surface area (TPSA) is 37.3 Å². The van der Waals surface area contributed by atoms with Crippen LogP contribution in [-0.2, 0) is 4.79 Å². The van der Waals surface area contributed by atoms with Crippen LogP contribution in [0.4, 0.5) is 0 Å². The minimum absolute atomic E-state index is 0.0208. The molecule has 0 saturated heterocycles. The second kappa shape index (κ2) is 1.97. The molecule has 1 N–H and O–H groups in total. The number of aliphatic hydroxyl groups is 1. The summed E-state index contributed by atoms with van der Waals surface area (Å²) in [5.74, 6) is -0.394. The Morgan fingerprint density at radius 1 is 1.60 bits per heavy atom. The van der Waals surface area contributed by atoms with Crippen molar-refractivity contribution < 1.29 is 9.90 Å². The molecule has 1 aliphatic carbocycles. The zero-order valence-corrected chi connectivity index (χ0v) is 6.14. The molecule has 0 aromatic carbocycles. The number of allylic oxidation sites excluding steroid dienone is 2. The molecule has 1 rings (SSSR count). The van der Waals surface area contributed by atoms with Crippen molar-refractivity contribution in [1.29, 1.82) is 0 Å². The fourth-order valence-corrected chi connectivity index (χ4v) is 0.994. The van der Waals surface area contributed by atoms with Crippen LogP contribution in [0.3, 0.4) is 0 Å². The van der Waals surface area contributed by atoms with Gasteiger partial charge in [-0.15, -0.1) is 0 Å². The van der Waals surface area contributed by atoms with Gasteiger partial charge in [-0.2, -0.15) is 0 Å². The molecule has 0 saturated carbocycles. The minimum atomic E-state index is -0.301. The van der Waals surface area contributed by atoms with E-state index >= 15 is 0 Å². The Bertz CT molecular complexity index is 236. The Hall–Kier alpha value is -1.05. The first-order chi connectivity index (χ1) is 4.55. The van der Waals surface area contributed by atoms with Gasteiger partial charge in [0, 0.05) is 11.5 Å². The lowest BCUT2D eigenvalue weighted by molar-refractivity contribution is -0.114. The third kappa shape index (κ3) is 0.685. The number of ketones is 1. The molecule has 10 heavy (non-hydrogen) atoms. The quantitative estimate of drug-likeness (QED) is 0.516. The number of carbonyl (C=O) groups is 1. The molecule has 2 heteroatoms. The molecular weight excluding hydrogens is 128 g/mol. The van der Waals surface area contributed by atoms with Crippen LogP contribution in [0.15, 0.2) is 23.5 Å². The number of Topliss-reactive ketones (excluding diaryl/α,β-unsaturated/α-hetero) is 1. The van der Waals surface area contributed by atoms with Gasteiger partial charge in [-0.3, -0.25) is 4.79 Å². The minimum Gasteiger partial charge on any atom is -0.504 e. The number of aliphatic hydroxyl groups excluding tert-OH is 1. The molecule has 0 fully saturated rings. The average Bonchev–Trinajstić information content (AvgIpc) is 2.07. The number of hydrogen-bond acceptors (Lipinski definition) is 2. The predicted octanol–water partition coefficient (Wildman–Crippen LogP) is 1.59. The molecule has 0 aromatic heterocycles. The molecule has 2 nitrogen and oxygen atoms in total. The maximum absolute atomic E-state index is 10.9. The first kappa shape index (κ1) is 7.06. The Morgan fingerprint density at radius 3 is 2.20 bits per heavy atom. The van der Waals surface area contributed by atoms with Gasteiger partial charge in [0.15, 0.2) is 5.76 Å². The van der Waals surface area contributed by atoms with E-state index in [9.17, 15) is 4.79 Å². The molecular formula is C8H10O2. The van der Waals surface area contributed by atoms with Crippen LogP contribution in [0.1, 0.15) is 13.8 Å². The average molecular weight is 138 g/mol. The predicted molar refractivity (Wildman–Crippen MR) is 38.6 cm³/mol. The highest BCUT2D eigenvalue weighted by molar-refractivity contribution is 6.10. The van der Waals surface area contributed by atoms with E-state index in [1.807, 2.05) is 6.92 Å². The summed E-state index contributed by atoms with van der Waals surface area (Å²) in [6.45, 7) is 7.17. The first-order valence-electron chi connectivity index (χ1n) is 3.19. The van der Waals surface area contributed by atoms with E-state index in [-0.39, 0.29) is 17.5 Å². The SMILES string of the molecule is C=C1C(=O)C(O)=C(C)[C@H]1C. The summed E-state index contributed by atoms with van der Waals surface area (Å²) in [5, 5.41) is 9.08. The van der Waals surface area contributed by atoms with Crippen molar-refractivity contribution in [2.45, 2.75) is 13.8 Å². The number of hydrogen-bond donors (Lipinski definition) is 1.